The molecule has 1 aromatic heterocycles. The maximum atomic E-state index is 6.19. The van der Waals surface area contributed by atoms with E-state index in [0.717, 1.165) is 24.8 Å². The summed E-state index contributed by atoms with van der Waals surface area (Å²) in [5.41, 5.74) is 8.63. The van der Waals surface area contributed by atoms with Crippen LogP contribution in [0.15, 0.2) is 36.4 Å². The van der Waals surface area contributed by atoms with E-state index in [9.17, 15) is 0 Å². The molecule has 0 aliphatic rings. The fourth-order valence-electron chi connectivity index (χ4n) is 2.18. The van der Waals surface area contributed by atoms with Gasteiger partial charge in [-0.05, 0) is 36.8 Å². The zero-order valence-corrected chi connectivity index (χ0v) is 12.2. The third kappa shape index (κ3) is 3.77. The van der Waals surface area contributed by atoms with Crippen LogP contribution in [0.5, 0.6) is 0 Å². The van der Waals surface area contributed by atoms with Gasteiger partial charge in [-0.25, -0.2) is 0 Å². The standard InChI is InChI=1S/C17H24N2/c1-17(2,3)16(18)10-6-8-14-12-11-13-7-4-5-9-15(13)19-14/h4-5,7,9,11-12,16H,6,8,10,18H2,1-3H3. The van der Waals surface area contributed by atoms with Gasteiger partial charge >= 0.3 is 0 Å². The van der Waals surface area contributed by atoms with E-state index in [1.54, 1.807) is 0 Å². The maximum absolute atomic E-state index is 6.19. The number of pyridine rings is 1. The Hall–Kier alpha value is -1.41. The predicted octanol–water partition coefficient (Wildman–Crippen LogP) is 3.93. The smallest absolute Gasteiger partial charge is 0.0705 e. The minimum Gasteiger partial charge on any atom is -0.327 e. The first-order valence-corrected chi connectivity index (χ1v) is 7.07. The first-order chi connectivity index (χ1) is 8.97. The molecule has 1 atom stereocenters. The second-order valence-electron chi connectivity index (χ2n) is 6.36. The number of fused-ring (bicyclic) bond motifs is 1. The van der Waals surface area contributed by atoms with Crippen molar-refractivity contribution in [1.82, 2.24) is 4.98 Å². The van der Waals surface area contributed by atoms with Gasteiger partial charge in [0.05, 0.1) is 5.52 Å². The molecule has 0 aliphatic heterocycles. The molecule has 0 saturated carbocycles. The lowest BCUT2D eigenvalue weighted by atomic mass is 9.84. The van der Waals surface area contributed by atoms with E-state index < -0.39 is 0 Å². The molecule has 1 heterocycles. The number of aryl methyl sites for hydroxylation is 1. The molecule has 2 nitrogen and oxygen atoms in total. The van der Waals surface area contributed by atoms with Crippen LogP contribution in [0, 0.1) is 5.41 Å². The summed E-state index contributed by atoms with van der Waals surface area (Å²) in [6.07, 6.45) is 3.16. The van der Waals surface area contributed by atoms with Gasteiger partial charge in [0, 0.05) is 17.1 Å². The summed E-state index contributed by atoms with van der Waals surface area (Å²) >= 11 is 0. The first kappa shape index (κ1) is 14.0. The van der Waals surface area contributed by atoms with Crippen molar-refractivity contribution in [3.8, 4) is 0 Å². The Balaban J connectivity index is 1.95. The van der Waals surface area contributed by atoms with Gasteiger partial charge < -0.3 is 5.73 Å². The van der Waals surface area contributed by atoms with E-state index in [2.05, 4.69) is 45.0 Å². The van der Waals surface area contributed by atoms with Crippen LogP contribution < -0.4 is 5.73 Å². The van der Waals surface area contributed by atoms with Crippen LogP contribution in [-0.2, 0) is 6.42 Å². The fourth-order valence-corrected chi connectivity index (χ4v) is 2.18. The van der Waals surface area contributed by atoms with Crippen LogP contribution in [-0.4, -0.2) is 11.0 Å². The topological polar surface area (TPSA) is 38.9 Å². The van der Waals surface area contributed by atoms with Crippen molar-refractivity contribution < 1.29 is 0 Å². The van der Waals surface area contributed by atoms with E-state index in [-0.39, 0.29) is 11.5 Å². The molecule has 0 fully saturated rings. The largest absolute Gasteiger partial charge is 0.327 e. The SMILES string of the molecule is CC(C)(C)C(N)CCCc1ccc2ccccc2n1. The van der Waals surface area contributed by atoms with E-state index in [0.29, 0.717) is 0 Å². The minimum absolute atomic E-state index is 0.191. The van der Waals surface area contributed by atoms with Crippen molar-refractivity contribution in [2.24, 2.45) is 11.1 Å². The molecule has 0 aliphatic carbocycles. The van der Waals surface area contributed by atoms with Crippen molar-refractivity contribution >= 4 is 10.9 Å². The van der Waals surface area contributed by atoms with Crippen molar-refractivity contribution in [3.63, 3.8) is 0 Å². The third-order valence-corrected chi connectivity index (χ3v) is 3.72. The van der Waals surface area contributed by atoms with E-state index >= 15 is 0 Å². The second kappa shape index (κ2) is 5.70. The highest BCUT2D eigenvalue weighted by Crippen LogP contribution is 2.21. The third-order valence-electron chi connectivity index (χ3n) is 3.72. The molecule has 0 spiro atoms. The quantitative estimate of drug-likeness (QED) is 0.900. The van der Waals surface area contributed by atoms with Crippen LogP contribution in [0.3, 0.4) is 0 Å². The van der Waals surface area contributed by atoms with Gasteiger partial charge in [0.2, 0.25) is 0 Å². The molecular formula is C17H24N2. The average Bonchev–Trinajstić information content (AvgIpc) is 2.37. The highest BCUT2D eigenvalue weighted by atomic mass is 14.7. The van der Waals surface area contributed by atoms with Crippen LogP contribution in [0.1, 0.15) is 39.3 Å². The molecule has 19 heavy (non-hydrogen) atoms. The Labute approximate surface area is 116 Å². The normalized spacial score (nSPS) is 13.7. The molecule has 2 N–H and O–H groups in total. The first-order valence-electron chi connectivity index (χ1n) is 7.07. The average molecular weight is 256 g/mol. The highest BCUT2D eigenvalue weighted by Gasteiger charge is 2.19. The molecule has 2 heteroatoms. The molecule has 2 aromatic rings. The highest BCUT2D eigenvalue weighted by molar-refractivity contribution is 5.78. The maximum Gasteiger partial charge on any atom is 0.0705 e. The van der Waals surface area contributed by atoms with Crippen LogP contribution in [0.2, 0.25) is 0 Å². The number of aromatic nitrogens is 1. The van der Waals surface area contributed by atoms with E-state index in [1.807, 2.05) is 12.1 Å². The molecule has 102 valence electrons. The molecule has 0 bridgehead atoms. The fraction of sp³-hybridized carbons (Fsp3) is 0.471. The minimum atomic E-state index is 0.191. The molecule has 1 aromatic carbocycles. The Kier molecular flexibility index (Phi) is 4.20. The number of hydrogen-bond acceptors (Lipinski definition) is 2. The molecule has 0 amide bonds. The zero-order valence-electron chi connectivity index (χ0n) is 12.2. The number of benzene rings is 1. The van der Waals surface area contributed by atoms with Gasteiger partial charge in [-0.3, -0.25) is 4.98 Å². The lowest BCUT2D eigenvalue weighted by Crippen LogP contribution is -2.34. The van der Waals surface area contributed by atoms with Crippen LogP contribution in [0.25, 0.3) is 10.9 Å². The van der Waals surface area contributed by atoms with Crippen LogP contribution >= 0.6 is 0 Å². The van der Waals surface area contributed by atoms with E-state index in [4.69, 9.17) is 10.7 Å². The molecule has 1 unspecified atom stereocenters. The predicted molar refractivity (Wildman–Crippen MR) is 82.1 cm³/mol. The number of rotatable bonds is 4. The Morgan fingerprint density at radius 3 is 2.58 bits per heavy atom. The van der Waals surface area contributed by atoms with Gasteiger partial charge in [0.25, 0.3) is 0 Å². The summed E-state index contributed by atoms with van der Waals surface area (Å²) in [6.45, 7) is 6.60. The number of nitrogens with zero attached hydrogens (tertiary/aromatic N) is 1. The zero-order chi connectivity index (χ0) is 13.9. The van der Waals surface area contributed by atoms with Crippen molar-refractivity contribution in [2.75, 3.05) is 0 Å². The lowest BCUT2D eigenvalue weighted by molar-refractivity contribution is 0.301. The monoisotopic (exact) mass is 256 g/mol. The summed E-state index contributed by atoms with van der Waals surface area (Å²) in [4.78, 5) is 4.69. The van der Waals surface area contributed by atoms with Crippen molar-refractivity contribution in [1.29, 1.82) is 0 Å². The van der Waals surface area contributed by atoms with Crippen molar-refractivity contribution in [3.05, 3.63) is 42.1 Å². The second-order valence-corrected chi connectivity index (χ2v) is 6.36. The van der Waals surface area contributed by atoms with Gasteiger partial charge in [-0.1, -0.05) is 45.0 Å². The summed E-state index contributed by atoms with van der Waals surface area (Å²) in [5, 5.41) is 1.21. The summed E-state index contributed by atoms with van der Waals surface area (Å²) in [7, 11) is 0. The van der Waals surface area contributed by atoms with Gasteiger partial charge in [0.15, 0.2) is 0 Å². The number of para-hydroxylation sites is 1. The summed E-state index contributed by atoms with van der Waals surface area (Å²) in [5.74, 6) is 0. The molecule has 0 radical (unpaired) electrons. The van der Waals surface area contributed by atoms with Gasteiger partial charge in [-0.15, -0.1) is 0 Å². The van der Waals surface area contributed by atoms with Crippen molar-refractivity contribution in [2.45, 2.75) is 46.1 Å². The van der Waals surface area contributed by atoms with Gasteiger partial charge in [-0.2, -0.15) is 0 Å². The molecule has 2 rings (SSSR count). The Morgan fingerprint density at radius 2 is 1.84 bits per heavy atom. The Morgan fingerprint density at radius 1 is 1.11 bits per heavy atom. The van der Waals surface area contributed by atoms with Gasteiger partial charge in [0.1, 0.15) is 0 Å². The Bertz CT molecular complexity index is 540. The van der Waals surface area contributed by atoms with E-state index in [1.165, 1.54) is 11.1 Å². The molecule has 0 saturated heterocycles. The van der Waals surface area contributed by atoms with Crippen LogP contribution in [0.4, 0.5) is 0 Å². The summed E-state index contributed by atoms with van der Waals surface area (Å²) in [6, 6.07) is 12.8. The number of hydrogen-bond donors (Lipinski definition) is 1. The number of nitrogens with two attached hydrogens (primary N) is 1. The lowest BCUT2D eigenvalue weighted by Gasteiger charge is -2.26. The summed E-state index contributed by atoms with van der Waals surface area (Å²) < 4.78 is 0. The molecular weight excluding hydrogens is 232 g/mol.